The van der Waals surface area contributed by atoms with Crippen molar-refractivity contribution in [1.29, 1.82) is 0 Å². The van der Waals surface area contributed by atoms with Gasteiger partial charge in [-0.3, -0.25) is 71.9 Å². The molecule has 0 spiro atoms. The number of nitrogens with two attached hydrogens (primary N) is 2. The lowest BCUT2D eigenvalue weighted by Crippen LogP contribution is -2.61. The van der Waals surface area contributed by atoms with Crippen LogP contribution in [0.15, 0.2) is 12.5 Å². The van der Waals surface area contributed by atoms with E-state index >= 15 is 0 Å². The van der Waals surface area contributed by atoms with Crippen LogP contribution in [-0.4, -0.2) is 245 Å². The van der Waals surface area contributed by atoms with Gasteiger partial charge >= 0.3 is 23.9 Å². The van der Waals surface area contributed by atoms with Gasteiger partial charge in [0.05, 0.1) is 32.0 Å². The van der Waals surface area contributed by atoms with Crippen molar-refractivity contribution in [3.05, 3.63) is 18.2 Å². The van der Waals surface area contributed by atoms with Gasteiger partial charge in [0.15, 0.2) is 0 Å². The van der Waals surface area contributed by atoms with E-state index in [1.165, 1.54) is 33.3 Å². The highest BCUT2D eigenvalue weighted by molar-refractivity contribution is 7.80. The number of aliphatic hydroxyl groups is 2. The SMILES string of the molecule is CC(C)[C@H](NC(=O)[C@H](CS)NC(=O)[C@@H](N)[C@@H](C)O)C(=O)N[C@@H](C)C(=O)N[C@@H](CC(=O)O)C(=O)N[C@@H](CCC(=O)O)C(=O)N[C@@H](CO)C(=O)N[C@@H](Cc1cnc[nH]1)C(=O)N[C@@H](C)C(=O)NCC(=O)N[C@@H](CS)C(=O)N[C@@H](CCC(=O)O)C(=O)N[C@@H](CCCCN)C(=O)O. The maximum Gasteiger partial charge on any atom is 0.326 e. The van der Waals surface area contributed by atoms with E-state index in [1.807, 2.05) is 0 Å². The molecule has 0 bridgehead atoms. The minimum absolute atomic E-state index is 0.0301. The zero-order valence-corrected chi connectivity index (χ0v) is 52.6. The van der Waals surface area contributed by atoms with Crippen LogP contribution in [0.5, 0.6) is 0 Å². The molecule has 1 aromatic rings. The molecule has 0 aromatic carbocycles. The van der Waals surface area contributed by atoms with Gasteiger partial charge in [0, 0.05) is 42.7 Å². The quantitative estimate of drug-likeness (QED) is 0.0213. The Morgan fingerprint density at radius 1 is 0.511 bits per heavy atom. The molecule has 0 unspecified atom stereocenters. The van der Waals surface area contributed by atoms with E-state index in [0.717, 1.165) is 13.8 Å². The Morgan fingerprint density at radius 3 is 1.43 bits per heavy atom. The Labute approximate surface area is 537 Å². The molecule has 0 aliphatic heterocycles. The lowest BCUT2D eigenvalue weighted by molar-refractivity contribution is -0.143. The maximum atomic E-state index is 13.8. The molecule has 40 heteroatoms. The Balaban J connectivity index is 3.22. The third-order valence-corrected chi connectivity index (χ3v) is 13.9. The van der Waals surface area contributed by atoms with Crippen molar-refractivity contribution in [3.63, 3.8) is 0 Å². The summed E-state index contributed by atoms with van der Waals surface area (Å²) in [5, 5.41) is 84.9. The van der Waals surface area contributed by atoms with Gasteiger partial charge in [-0.15, -0.1) is 0 Å². The molecule has 516 valence electrons. The number of H-pyrrole nitrogens is 1. The number of thiol groups is 2. The second kappa shape index (κ2) is 41.6. The number of imidazole rings is 1. The first-order valence-electron chi connectivity index (χ1n) is 28.5. The van der Waals surface area contributed by atoms with Crippen LogP contribution in [0.3, 0.4) is 0 Å². The van der Waals surface area contributed by atoms with Crippen molar-refractivity contribution in [2.75, 3.05) is 31.2 Å². The van der Waals surface area contributed by atoms with Crippen molar-refractivity contribution >= 4 is 120 Å². The van der Waals surface area contributed by atoms with Crippen molar-refractivity contribution in [1.82, 2.24) is 73.8 Å². The van der Waals surface area contributed by atoms with E-state index in [0.29, 0.717) is 12.8 Å². The maximum absolute atomic E-state index is 13.8. The molecular weight excluding hydrogens is 1260 g/mol. The van der Waals surface area contributed by atoms with Crippen LogP contribution < -0.4 is 75.3 Å². The molecule has 23 N–H and O–H groups in total. The first-order chi connectivity index (χ1) is 43.1. The number of unbranched alkanes of at least 4 members (excludes halogenated alkanes) is 1. The predicted molar refractivity (Wildman–Crippen MR) is 324 cm³/mol. The molecular formula is C52H84N16O22S2. The highest BCUT2D eigenvalue weighted by Gasteiger charge is 2.37. The second-order valence-electron chi connectivity index (χ2n) is 21.1. The fraction of sp³-hybridized carbons (Fsp3) is 0.635. The summed E-state index contributed by atoms with van der Waals surface area (Å²) in [5.41, 5.74) is 11.3. The number of hydrogen-bond acceptors (Lipinski definition) is 23. The van der Waals surface area contributed by atoms with E-state index in [4.69, 9.17) is 11.5 Å². The number of aliphatic hydroxyl groups excluding tert-OH is 2. The number of amides is 12. The molecule has 0 radical (unpaired) electrons. The molecule has 0 aliphatic rings. The monoisotopic (exact) mass is 1350 g/mol. The topological polar surface area (TPSA) is 620 Å². The average molecular weight is 1350 g/mol. The number of carbonyl (C=O) groups excluding carboxylic acids is 12. The number of hydrogen-bond donors (Lipinski definition) is 23. The number of rotatable bonds is 44. The number of aromatic nitrogens is 2. The Hall–Kier alpha value is -8.73. The van der Waals surface area contributed by atoms with Crippen molar-refractivity contribution in [2.45, 2.75) is 171 Å². The second-order valence-corrected chi connectivity index (χ2v) is 21.9. The van der Waals surface area contributed by atoms with Crippen LogP contribution in [0, 0.1) is 5.92 Å². The average Bonchev–Trinajstić information content (AvgIpc) is 1.44. The summed E-state index contributed by atoms with van der Waals surface area (Å²) in [6.45, 7) is 4.74. The lowest BCUT2D eigenvalue weighted by Gasteiger charge is -2.27. The first-order valence-corrected chi connectivity index (χ1v) is 29.8. The largest absolute Gasteiger partial charge is 0.481 e. The van der Waals surface area contributed by atoms with E-state index in [1.54, 1.807) is 0 Å². The first kappa shape index (κ1) is 81.3. The van der Waals surface area contributed by atoms with Gasteiger partial charge in [-0.2, -0.15) is 25.3 Å². The zero-order chi connectivity index (χ0) is 70.1. The predicted octanol–water partition coefficient (Wildman–Crippen LogP) is -8.93. The fourth-order valence-electron chi connectivity index (χ4n) is 7.86. The number of carboxylic acids is 4. The Bertz CT molecular complexity index is 2750. The number of aromatic amines is 1. The van der Waals surface area contributed by atoms with E-state index in [2.05, 4.69) is 99.0 Å². The molecule has 0 aliphatic carbocycles. The van der Waals surface area contributed by atoms with Crippen LogP contribution in [0.1, 0.15) is 91.7 Å². The summed E-state index contributed by atoms with van der Waals surface area (Å²) in [6, 6.07) is -19.4. The highest BCUT2D eigenvalue weighted by Crippen LogP contribution is 2.09. The minimum atomic E-state index is -2.04. The smallest absolute Gasteiger partial charge is 0.326 e. The number of aliphatic carboxylic acids is 4. The molecule has 1 rings (SSSR count). The molecule has 0 fully saturated rings. The molecule has 12 amide bonds. The Morgan fingerprint density at radius 2 is 0.957 bits per heavy atom. The van der Waals surface area contributed by atoms with Crippen LogP contribution in [0.25, 0.3) is 0 Å². The van der Waals surface area contributed by atoms with Gasteiger partial charge in [-0.05, 0) is 65.3 Å². The van der Waals surface area contributed by atoms with Crippen LogP contribution >= 0.6 is 25.3 Å². The van der Waals surface area contributed by atoms with Gasteiger partial charge < -0.3 is 111 Å². The minimum Gasteiger partial charge on any atom is -0.481 e. The molecule has 13 atom stereocenters. The van der Waals surface area contributed by atoms with E-state index in [-0.39, 0.29) is 24.4 Å². The molecule has 0 saturated carbocycles. The summed E-state index contributed by atoms with van der Waals surface area (Å²) < 4.78 is 0. The summed E-state index contributed by atoms with van der Waals surface area (Å²) in [7, 11) is 0. The summed E-state index contributed by atoms with van der Waals surface area (Å²) >= 11 is 8.10. The molecule has 1 heterocycles. The Kier molecular flexibility index (Phi) is 36.8. The number of carboxylic acid groups (broad SMARTS) is 4. The van der Waals surface area contributed by atoms with Gasteiger partial charge in [0.2, 0.25) is 70.9 Å². The van der Waals surface area contributed by atoms with E-state index < -0.39 is 237 Å². The number of carbonyl (C=O) groups is 16. The molecule has 38 nitrogen and oxygen atoms in total. The van der Waals surface area contributed by atoms with E-state index in [9.17, 15) is 107 Å². The van der Waals surface area contributed by atoms with Crippen LogP contribution in [-0.2, 0) is 83.1 Å². The number of nitrogens with one attached hydrogen (secondary N) is 13. The molecule has 0 saturated heterocycles. The molecule has 1 aromatic heterocycles. The van der Waals surface area contributed by atoms with Crippen molar-refractivity contribution in [2.24, 2.45) is 17.4 Å². The summed E-state index contributed by atoms with van der Waals surface area (Å²) in [6.07, 6.45) is -2.37. The van der Waals surface area contributed by atoms with Gasteiger partial charge in [-0.25, -0.2) is 9.78 Å². The summed E-state index contributed by atoms with van der Waals surface area (Å²) in [5.74, 6) is -20.5. The lowest BCUT2D eigenvalue weighted by atomic mass is 10.0. The highest BCUT2D eigenvalue weighted by atomic mass is 32.1. The van der Waals surface area contributed by atoms with Gasteiger partial charge in [0.1, 0.15) is 72.5 Å². The summed E-state index contributed by atoms with van der Waals surface area (Å²) in [4.78, 5) is 213. The van der Waals surface area contributed by atoms with Gasteiger partial charge in [0.25, 0.3) is 0 Å². The fourth-order valence-corrected chi connectivity index (χ4v) is 8.38. The standard InChI is InChI=1S/C52H84N16O22S2/c1-22(2)40(68-49(86)34(20-92)67-50(87)39(54)25(5)70)51(88)59-24(4)42(79)64-31(15-38(76)77)46(83)61-28(10-12-37(74)75)44(81)66-32(18-69)47(84)65-30(14-26-16-55-21-57-26)45(82)58-23(3)41(78)56-17-35(71)60-33(19-91)48(85)62-27(9-11-36(72)73)43(80)63-29(52(89)90)8-6-7-13-53/h16,21-25,27-34,39-40,69-70,91-92H,6-15,17-20,53-54H2,1-5H3,(H,55,57)(H,56,78)(H,58,82)(H,59,88)(H,60,71)(H,61,83)(H,62,85)(H,63,80)(H,64,79)(H,65,84)(H,66,81)(H,67,87)(H,68,86)(H,72,73)(H,74,75)(H,76,77)(H,89,90)/t23-,24-,25+,27-,28-,29-,30-,31-,32-,33-,34-,39-,40-/m0/s1. The normalized spacial score (nSPS) is 15.3. The van der Waals surface area contributed by atoms with Crippen LogP contribution in [0.2, 0.25) is 0 Å². The third-order valence-electron chi connectivity index (χ3n) is 13.2. The molecule has 92 heavy (non-hydrogen) atoms. The zero-order valence-electron chi connectivity index (χ0n) is 50.8. The van der Waals surface area contributed by atoms with Crippen molar-refractivity contribution < 1.29 is 107 Å². The van der Waals surface area contributed by atoms with Crippen molar-refractivity contribution in [3.8, 4) is 0 Å². The number of nitrogens with zero attached hydrogens (tertiary/aromatic N) is 1. The van der Waals surface area contributed by atoms with Gasteiger partial charge in [-0.1, -0.05) is 13.8 Å². The van der Waals surface area contributed by atoms with Crippen LogP contribution in [0.4, 0.5) is 0 Å². The third kappa shape index (κ3) is 29.9.